The number of nitrogens with zero attached hydrogens (tertiary/aromatic N) is 4. The summed E-state index contributed by atoms with van der Waals surface area (Å²) in [5.74, 6) is -3.72. The molecule has 0 radical (unpaired) electrons. The van der Waals surface area contributed by atoms with Gasteiger partial charge in [-0.1, -0.05) is 55.8 Å². The number of aromatic amines is 2. The van der Waals surface area contributed by atoms with E-state index < -0.39 is 119 Å². The van der Waals surface area contributed by atoms with Gasteiger partial charge in [0.05, 0.1) is 59.8 Å². The lowest BCUT2D eigenvalue weighted by Crippen LogP contribution is -2.53. The number of ketones is 1. The van der Waals surface area contributed by atoms with E-state index in [4.69, 9.17) is 69.2 Å². The number of aliphatic hydroxyl groups is 4. The third-order valence-electron chi connectivity index (χ3n) is 21.6. The molecule has 3 aliphatic heterocycles. The number of benzene rings is 3. The number of aliphatic hydroxyl groups excluding tert-OH is 3. The number of hydrogen-bond acceptors (Lipinski definition) is 31. The zero-order valence-corrected chi connectivity index (χ0v) is 70.2. The molecule has 0 spiro atoms. The van der Waals surface area contributed by atoms with E-state index in [0.29, 0.717) is 55.6 Å². The summed E-state index contributed by atoms with van der Waals surface area (Å²) < 4.78 is 10.4. The number of amides is 4. The number of carbonyl (C=O) groups excluding carboxylic acids is 6. The minimum absolute atomic E-state index is 0.00873. The Bertz CT molecular complexity index is 4960. The lowest BCUT2D eigenvalue weighted by Gasteiger charge is -2.58. The van der Waals surface area contributed by atoms with Crippen LogP contribution in [0.4, 0.5) is 28.8 Å². The van der Waals surface area contributed by atoms with Crippen molar-refractivity contribution in [1.29, 1.82) is 0 Å². The van der Waals surface area contributed by atoms with Crippen LogP contribution < -0.4 is 72.1 Å². The molecule has 0 bridgehead atoms. The number of pyridine rings is 1. The van der Waals surface area contributed by atoms with Crippen LogP contribution in [0.25, 0.3) is 0 Å². The molecule has 6 heterocycles. The molecule has 3 saturated carbocycles. The van der Waals surface area contributed by atoms with Gasteiger partial charge in [-0.2, -0.15) is 17.6 Å². The average molecular weight is 1770 g/mol. The number of ether oxygens (including phenoxy) is 2. The number of aliphatic imine (C=N–C) groups is 1. The molecular weight excluding hydrogens is 1660 g/mol. The van der Waals surface area contributed by atoms with Gasteiger partial charge in [0.15, 0.2) is 23.5 Å². The van der Waals surface area contributed by atoms with Gasteiger partial charge in [0, 0.05) is 75.9 Å². The Kier molecular flexibility index (Phi) is 40.2. The predicted octanol–water partition coefficient (Wildman–Crippen LogP) is 1.44. The van der Waals surface area contributed by atoms with Gasteiger partial charge in [-0.15, -0.1) is 0 Å². The topological polar surface area (TPSA) is 725 Å². The Morgan fingerprint density at radius 1 is 0.784 bits per heavy atom. The normalized spacial score (nSPS) is 22.8. The Labute approximate surface area is 721 Å². The number of aromatic nitrogens is 5. The molecule has 42 nitrogen and oxygen atoms in total. The number of primary amides is 1. The number of anilines is 4. The molecule has 680 valence electrons. The van der Waals surface area contributed by atoms with Gasteiger partial charge >= 0.3 is 41.5 Å². The molecule has 27 N–H and O–H groups in total. The number of carboxylic acids is 5. The van der Waals surface area contributed by atoms with Crippen LogP contribution >= 0.6 is 12.6 Å². The number of phenolic OH excluding ortho intramolecular Hbond substituents is 1. The molecule has 3 aromatic heterocycles. The van der Waals surface area contributed by atoms with Crippen LogP contribution in [0.1, 0.15) is 148 Å². The number of carboxylic acid groups (broad SMARTS) is 5. The van der Waals surface area contributed by atoms with E-state index in [9.17, 15) is 82.4 Å². The Morgan fingerprint density at radius 3 is 1.99 bits per heavy atom. The van der Waals surface area contributed by atoms with Crippen LogP contribution in [0, 0.1) is 28.6 Å². The molecule has 0 unspecified atom stereocenters. The zero-order chi connectivity index (χ0) is 93.2. The van der Waals surface area contributed by atoms with Crippen LogP contribution in [-0.4, -0.2) is 234 Å². The lowest BCUT2D eigenvalue weighted by atomic mass is 9.46. The van der Waals surface area contributed by atoms with E-state index in [1.807, 2.05) is 17.1 Å². The quantitative estimate of drug-likeness (QED) is 0.0222. The van der Waals surface area contributed by atoms with E-state index in [0.717, 1.165) is 83.5 Å². The molecule has 2 saturated heterocycles. The van der Waals surface area contributed by atoms with Gasteiger partial charge in [-0.05, 0) is 153 Å². The highest BCUT2D eigenvalue weighted by atomic mass is 32.1. The summed E-state index contributed by atoms with van der Waals surface area (Å²) in [6.07, 6.45) is 11.0. The first-order valence-electron chi connectivity index (χ1n) is 39.4. The highest BCUT2D eigenvalue weighted by Gasteiger charge is 2.62. The minimum Gasteiger partial charge on any atom is -0.506 e. The maximum atomic E-state index is 11.8. The molecule has 13 atom stereocenters. The van der Waals surface area contributed by atoms with Crippen molar-refractivity contribution in [2.24, 2.45) is 50.8 Å². The third kappa shape index (κ3) is 30.6. The number of esters is 1. The smallest absolute Gasteiger partial charge is 0.337 e. The number of aromatic carboxylic acids is 2. The number of aromatic hydroxyl groups is 1. The molecule has 43 heteroatoms. The summed E-state index contributed by atoms with van der Waals surface area (Å²) in [5.41, 5.74) is 28.3. The molecule has 4 aliphatic carbocycles. The number of nitrogens with one attached hydrogen (secondary N) is 7. The fourth-order valence-electron chi connectivity index (χ4n) is 14.7. The first kappa shape index (κ1) is 103. The Hall–Kier alpha value is -12.8. The summed E-state index contributed by atoms with van der Waals surface area (Å²) in [6, 6.07) is 21.1. The van der Waals surface area contributed by atoms with Crippen molar-refractivity contribution in [3.8, 4) is 5.75 Å². The van der Waals surface area contributed by atoms with Crippen molar-refractivity contribution < 1.29 is 113 Å². The molecule has 125 heavy (non-hydrogen) atoms. The van der Waals surface area contributed by atoms with E-state index >= 15 is 0 Å². The number of aliphatic carboxylic acids is 3. The number of allylic oxidation sites excluding steroid dienone is 1. The number of rotatable bonds is 20. The van der Waals surface area contributed by atoms with Gasteiger partial charge in [0.1, 0.15) is 48.8 Å². The fourth-order valence-corrected chi connectivity index (χ4v) is 14.7. The maximum absolute atomic E-state index is 11.8. The molecule has 5 fully saturated rings. The monoisotopic (exact) mass is 1770 g/mol. The van der Waals surface area contributed by atoms with Crippen molar-refractivity contribution in [2.75, 3.05) is 67.7 Å². The first-order chi connectivity index (χ1) is 58.9. The number of H-pyrrole nitrogens is 2. The van der Waals surface area contributed by atoms with Gasteiger partial charge in [0.25, 0.3) is 17.0 Å². The second-order valence-electron chi connectivity index (χ2n) is 30.1. The van der Waals surface area contributed by atoms with E-state index in [-0.39, 0.29) is 82.7 Å². The van der Waals surface area contributed by atoms with Gasteiger partial charge in [-0.25, -0.2) is 29.0 Å². The Balaban J connectivity index is 0.000000258. The van der Waals surface area contributed by atoms with Crippen LogP contribution in [-0.2, 0) is 54.3 Å². The number of hydrogen-bond donors (Lipinski definition) is 23. The van der Waals surface area contributed by atoms with E-state index in [2.05, 4.69) is 84.7 Å². The van der Waals surface area contributed by atoms with Crippen molar-refractivity contribution >= 4 is 112 Å². The highest BCUT2D eigenvalue weighted by Crippen LogP contribution is 2.67. The number of phenols is 1. The van der Waals surface area contributed by atoms with Crippen molar-refractivity contribution in [2.45, 2.75) is 159 Å². The highest BCUT2D eigenvalue weighted by molar-refractivity contribution is 7.80. The summed E-state index contributed by atoms with van der Waals surface area (Å²) in [4.78, 5) is 168. The van der Waals surface area contributed by atoms with Crippen molar-refractivity contribution in [1.82, 2.24) is 40.5 Å². The van der Waals surface area contributed by atoms with Gasteiger partial charge in [0.2, 0.25) is 23.7 Å². The number of nitrogens with two attached hydrogens (primary N) is 5. The van der Waals surface area contributed by atoms with Crippen LogP contribution in [0.5, 0.6) is 5.75 Å². The maximum Gasteiger partial charge on any atom is 0.337 e. The summed E-state index contributed by atoms with van der Waals surface area (Å²) >= 11 is 3.80. The number of fused-ring (bicyclic) bond motifs is 6. The van der Waals surface area contributed by atoms with Gasteiger partial charge < -0.3 is 116 Å². The number of thiol groups is 1. The predicted molar refractivity (Wildman–Crippen MR) is 458 cm³/mol. The molecule has 13 rings (SSSR count). The molecule has 4 amide bonds. The molecule has 6 aromatic rings. The average Bonchev–Trinajstić information content (AvgIpc) is 1.62. The summed E-state index contributed by atoms with van der Waals surface area (Å²) in [5, 5.41) is 104. The summed E-state index contributed by atoms with van der Waals surface area (Å²) in [7, 11) is 1.59. The molecular formula is C82H110N16O26S. The standard InChI is InChI=1S/C20H30O2.C14H14N6O3.C13H16N2O4.C9H12N2O6.C7H8N2O.C7H7NO3.C5H9NO4.C5H7NO3.C2H7NS/c1-18-9-6-14(21)12-13(18)4-5-15-16(18)7-10-19(2)17(15)8-11-20(19,3)22;15-14-19-11-10(12(21)20-14)18-9(6-17-11)5-16-8-3-1-7(2-4-8)13(22)23;14-11(16)7-6-10(13(18)19)15-12(17)8-9-4-2-1-3-5-9;12-3-4-6(14)7(15)8(17-4)11-2-1-5(13)10-9(11)16;1-8-7(10)6-3-2-4-9-5-6;8-6-4(7(10)11)2-1-3-5(6)9;1-3(7)10-2-4(6)5(8)9;7-4-2-1-3(6-4)5(8)9;3-1-2-4/h12,15-17,22H,4-11H2,1-3H3;1-4,16H,5-6H2,(H,22,23)(H4,15,17,19,20,21);1-5,10H,6-8H2,(H2,14,16)(H,15,17)(H,18,19);1-2,4,6-8,12,14-15H,3H2,(H,10,13,16);2-5H,1H3,(H,8,10);1-3,9H,8H2,(H,10,11);4H,2,6H2,1H3,(H,8,9);3H,1-2H2,(H,6,7)(H,8,9);4H,1-3H2/t15-,16+,17+,18+,19+,20-;;10-;4-,6-,7-,8-;;;4-;3-;/m1.01..01./s1. The first-order valence-corrected chi connectivity index (χ1v) is 40.0. The van der Waals surface area contributed by atoms with E-state index in [1.54, 1.807) is 61.8 Å². The van der Waals surface area contributed by atoms with Crippen LogP contribution in [0.15, 0.2) is 141 Å². The van der Waals surface area contributed by atoms with Crippen LogP contribution in [0.2, 0.25) is 0 Å². The Morgan fingerprint density at radius 2 is 1.46 bits per heavy atom. The fraction of sp³-hybridized carbons (Fsp3) is 0.451. The number of para-hydroxylation sites is 1. The van der Waals surface area contributed by atoms with Crippen LogP contribution in [0.3, 0.4) is 0 Å². The minimum atomic E-state index is -1.35. The van der Waals surface area contributed by atoms with Gasteiger partial charge in [-0.3, -0.25) is 62.7 Å². The second kappa shape index (κ2) is 48.9. The number of carbonyl (C=O) groups is 11. The number of nitrogen functional groups attached to an aromatic ring is 2. The van der Waals surface area contributed by atoms with Crippen molar-refractivity contribution in [3.63, 3.8) is 0 Å². The van der Waals surface area contributed by atoms with Crippen molar-refractivity contribution in [3.05, 3.63) is 175 Å². The molecule has 7 aliphatic rings. The third-order valence-corrected chi connectivity index (χ3v) is 21.9. The largest absolute Gasteiger partial charge is 0.506 e. The SMILES string of the molecule is CC(=O)OC[C@H](N)C(=O)O.CNC(=O)c1cccnc1.C[C@]12CCC(=O)C=C1CC[C@@H]1[C@@H]2CC[C@@]2(C)[C@H]1CC[C@@]2(C)O.NC(=O)CC[C@H](NC(=O)Cc1ccccc1)C(=O)O.NCCS.Nc1c(O)cccc1C(=O)O.Nc1nc2c(c(=O)[nH]1)N=C(CNc1ccc(C(=O)O)cc1)CN2.O=C1CC[C@H](C(=O)O)N1.O=c1ccn([C@@H]2O[C@H](CO)[C@@H](O)[C@H]2O)c(=O)[nH]1. The summed E-state index contributed by atoms with van der Waals surface area (Å²) in [6.45, 7) is 8.81. The lowest BCUT2D eigenvalue weighted by molar-refractivity contribution is -0.146. The van der Waals surface area contributed by atoms with E-state index in [1.165, 1.54) is 68.3 Å². The second-order valence-corrected chi connectivity index (χ2v) is 30.6. The zero-order valence-electron chi connectivity index (χ0n) is 69.3. The molecule has 3 aromatic carbocycles.